The van der Waals surface area contributed by atoms with E-state index < -0.39 is 0 Å². The quantitative estimate of drug-likeness (QED) is 0.564. The van der Waals surface area contributed by atoms with Gasteiger partial charge in [0.1, 0.15) is 0 Å². The molecule has 0 radical (unpaired) electrons. The van der Waals surface area contributed by atoms with E-state index in [1.54, 1.807) is 0 Å². The molecule has 0 spiro atoms. The fourth-order valence-electron chi connectivity index (χ4n) is 2.17. The zero-order valence-electron chi connectivity index (χ0n) is 10.3. The number of nitrogens with two attached hydrogens (primary N) is 1. The van der Waals surface area contributed by atoms with Gasteiger partial charge in [-0.05, 0) is 40.0 Å². The minimum atomic E-state index is 0.794. The van der Waals surface area contributed by atoms with Crippen molar-refractivity contribution in [3.63, 3.8) is 0 Å². The molecule has 2 N–H and O–H groups in total. The zero-order valence-corrected chi connectivity index (χ0v) is 10.3. The van der Waals surface area contributed by atoms with Gasteiger partial charge in [-0.25, -0.2) is 0 Å². The van der Waals surface area contributed by atoms with Crippen LogP contribution in [0.25, 0.3) is 16.7 Å². The first-order valence-electron chi connectivity index (χ1n) is 5.96. The van der Waals surface area contributed by atoms with Gasteiger partial charge >= 0.3 is 0 Å². The predicted octanol–water partition coefficient (Wildman–Crippen LogP) is 4.34. The Morgan fingerprint density at radius 2 is 1.41 bits per heavy atom. The highest BCUT2D eigenvalue weighted by Crippen LogP contribution is 2.43. The third-order valence-corrected chi connectivity index (χ3v) is 2.91. The van der Waals surface area contributed by atoms with E-state index >= 15 is 0 Å². The average Bonchev–Trinajstić information content (AvgIpc) is 2.66. The maximum absolute atomic E-state index is 5.79. The second-order valence-corrected chi connectivity index (χ2v) is 3.83. The van der Waals surface area contributed by atoms with Gasteiger partial charge in [-0.3, -0.25) is 0 Å². The van der Waals surface area contributed by atoms with E-state index in [2.05, 4.69) is 30.8 Å². The Hall–Kier alpha value is -2.02. The molecule has 0 amide bonds. The van der Waals surface area contributed by atoms with E-state index in [9.17, 15) is 0 Å². The van der Waals surface area contributed by atoms with Crippen molar-refractivity contribution < 1.29 is 0 Å². The lowest BCUT2D eigenvalue weighted by molar-refractivity contribution is 1.50. The Balaban J connectivity index is 0.000000514. The summed E-state index contributed by atoms with van der Waals surface area (Å²) in [6, 6.07) is 14.3. The number of benzene rings is 2. The van der Waals surface area contributed by atoms with Crippen molar-refractivity contribution in [2.75, 3.05) is 5.73 Å². The Kier molecular flexibility index (Phi) is 3.01. The molecule has 0 heterocycles. The van der Waals surface area contributed by atoms with E-state index in [4.69, 9.17) is 5.73 Å². The highest BCUT2D eigenvalue weighted by Gasteiger charge is 2.20. The molecule has 0 saturated heterocycles. The van der Waals surface area contributed by atoms with Crippen LogP contribution < -0.4 is 5.73 Å². The van der Waals surface area contributed by atoms with Crippen LogP contribution in [0.3, 0.4) is 0 Å². The summed E-state index contributed by atoms with van der Waals surface area (Å²) < 4.78 is 0. The highest BCUT2D eigenvalue weighted by atomic mass is 14.5. The maximum Gasteiger partial charge on any atom is 0.0320 e. The molecule has 1 nitrogen and oxygen atoms in total. The smallest absolute Gasteiger partial charge is 0.0320 e. The summed E-state index contributed by atoms with van der Waals surface area (Å²) in [5.74, 6) is 0. The normalized spacial score (nSPS) is 11.3. The van der Waals surface area contributed by atoms with Crippen LogP contribution in [0.15, 0.2) is 49.0 Å². The van der Waals surface area contributed by atoms with Gasteiger partial charge in [-0.2, -0.15) is 0 Å². The van der Waals surface area contributed by atoms with Crippen LogP contribution in [0.4, 0.5) is 5.69 Å². The molecule has 0 fully saturated rings. The first-order chi connectivity index (χ1) is 8.27. The first-order valence-corrected chi connectivity index (χ1v) is 5.96. The average molecular weight is 223 g/mol. The number of fused-ring (bicyclic) bond motifs is 3. The molecule has 0 saturated carbocycles. The van der Waals surface area contributed by atoms with Gasteiger partial charge in [0.25, 0.3) is 0 Å². The van der Waals surface area contributed by atoms with Gasteiger partial charge in [0, 0.05) is 5.69 Å². The van der Waals surface area contributed by atoms with Crippen molar-refractivity contribution in [3.05, 3.63) is 60.2 Å². The predicted molar refractivity (Wildman–Crippen MR) is 75.8 cm³/mol. The summed E-state index contributed by atoms with van der Waals surface area (Å²) in [5, 5.41) is 0. The SMILES string of the molecule is C=C1c2ccccc2-c2ccc(N)cc21.CC. The van der Waals surface area contributed by atoms with Crippen molar-refractivity contribution in [3.8, 4) is 11.1 Å². The van der Waals surface area contributed by atoms with E-state index in [1.807, 2.05) is 32.0 Å². The van der Waals surface area contributed by atoms with Crippen molar-refractivity contribution in [1.82, 2.24) is 0 Å². The summed E-state index contributed by atoms with van der Waals surface area (Å²) in [5.41, 5.74) is 12.5. The van der Waals surface area contributed by atoms with E-state index in [0.29, 0.717) is 0 Å². The third-order valence-electron chi connectivity index (χ3n) is 2.91. The molecule has 2 aromatic rings. The molecule has 1 aliphatic carbocycles. The van der Waals surface area contributed by atoms with Crippen molar-refractivity contribution >= 4 is 11.3 Å². The lowest BCUT2D eigenvalue weighted by Crippen LogP contribution is -1.86. The monoisotopic (exact) mass is 223 g/mol. The molecular weight excluding hydrogens is 206 g/mol. The summed E-state index contributed by atoms with van der Waals surface area (Å²) in [4.78, 5) is 0. The van der Waals surface area contributed by atoms with Gasteiger partial charge < -0.3 is 5.73 Å². The lowest BCUT2D eigenvalue weighted by Gasteiger charge is -2.00. The minimum absolute atomic E-state index is 0.794. The summed E-state index contributed by atoms with van der Waals surface area (Å²) in [6.45, 7) is 8.12. The molecule has 1 heteroatoms. The summed E-state index contributed by atoms with van der Waals surface area (Å²) in [7, 11) is 0. The second kappa shape index (κ2) is 4.46. The van der Waals surface area contributed by atoms with Crippen LogP contribution in [0.1, 0.15) is 25.0 Å². The van der Waals surface area contributed by atoms with Gasteiger partial charge in [-0.1, -0.05) is 50.8 Å². The fourth-order valence-corrected chi connectivity index (χ4v) is 2.17. The fraction of sp³-hybridized carbons (Fsp3) is 0.125. The second-order valence-electron chi connectivity index (χ2n) is 3.83. The molecule has 0 aromatic heterocycles. The maximum atomic E-state index is 5.79. The van der Waals surface area contributed by atoms with Crippen molar-refractivity contribution in [1.29, 1.82) is 0 Å². The molecule has 0 aliphatic heterocycles. The van der Waals surface area contributed by atoms with Crippen LogP contribution >= 0.6 is 0 Å². The van der Waals surface area contributed by atoms with Gasteiger partial charge in [0.2, 0.25) is 0 Å². The molecule has 2 aromatic carbocycles. The molecule has 0 atom stereocenters. The third kappa shape index (κ3) is 1.74. The zero-order chi connectivity index (χ0) is 12.4. The Morgan fingerprint density at radius 3 is 2.12 bits per heavy atom. The van der Waals surface area contributed by atoms with Crippen molar-refractivity contribution in [2.24, 2.45) is 0 Å². The van der Waals surface area contributed by atoms with Crippen LogP contribution in [-0.2, 0) is 0 Å². The van der Waals surface area contributed by atoms with Crippen LogP contribution in [0.5, 0.6) is 0 Å². The van der Waals surface area contributed by atoms with Gasteiger partial charge in [-0.15, -0.1) is 0 Å². The van der Waals surface area contributed by atoms with Gasteiger partial charge in [0.05, 0.1) is 0 Å². The molecule has 0 unspecified atom stereocenters. The first kappa shape index (κ1) is 11.5. The number of hydrogen-bond donors (Lipinski definition) is 1. The van der Waals surface area contributed by atoms with E-state index in [-0.39, 0.29) is 0 Å². The number of hydrogen-bond acceptors (Lipinski definition) is 1. The molecule has 1 aliphatic rings. The standard InChI is InChI=1S/C14H11N.C2H6/c1-9-11-4-2-3-5-12(11)13-7-6-10(15)8-14(9)13;1-2/h2-8H,1,15H2;1-2H3. The Labute approximate surface area is 103 Å². The highest BCUT2D eigenvalue weighted by molar-refractivity contribution is 6.00. The topological polar surface area (TPSA) is 26.0 Å². The van der Waals surface area contributed by atoms with Crippen LogP contribution in [0, 0.1) is 0 Å². The number of nitrogen functional groups attached to an aromatic ring is 1. The molecule has 0 bridgehead atoms. The van der Waals surface area contributed by atoms with Gasteiger partial charge in [0.15, 0.2) is 0 Å². The Morgan fingerprint density at radius 1 is 0.824 bits per heavy atom. The molecule has 17 heavy (non-hydrogen) atoms. The molecule has 3 rings (SSSR count). The summed E-state index contributed by atoms with van der Waals surface area (Å²) >= 11 is 0. The largest absolute Gasteiger partial charge is 0.399 e. The summed E-state index contributed by atoms with van der Waals surface area (Å²) in [6.07, 6.45) is 0. The van der Waals surface area contributed by atoms with Crippen LogP contribution in [-0.4, -0.2) is 0 Å². The molecular formula is C16H17N. The van der Waals surface area contributed by atoms with Crippen molar-refractivity contribution in [2.45, 2.75) is 13.8 Å². The lowest BCUT2D eigenvalue weighted by atomic mass is 10.1. The molecule has 86 valence electrons. The van der Waals surface area contributed by atoms with E-state index in [1.165, 1.54) is 16.7 Å². The minimum Gasteiger partial charge on any atom is -0.399 e. The number of anilines is 1. The van der Waals surface area contributed by atoms with Crippen LogP contribution in [0.2, 0.25) is 0 Å². The number of rotatable bonds is 0. The Bertz CT molecular complexity index is 567. The van der Waals surface area contributed by atoms with E-state index in [0.717, 1.165) is 16.8 Å².